The van der Waals surface area contributed by atoms with Crippen molar-refractivity contribution in [1.29, 1.82) is 0 Å². The second-order valence-corrected chi connectivity index (χ2v) is 5.10. The average Bonchev–Trinajstić information content (AvgIpc) is 3.01. The first kappa shape index (κ1) is 10.4. The van der Waals surface area contributed by atoms with E-state index >= 15 is 0 Å². The summed E-state index contributed by atoms with van der Waals surface area (Å²) in [6.07, 6.45) is 2.64. The molecule has 1 saturated carbocycles. The lowest BCUT2D eigenvalue weighted by Gasteiger charge is -2.11. The minimum Gasteiger partial charge on any atom is -0.396 e. The molecule has 2 rings (SSSR count). The van der Waals surface area contributed by atoms with Gasteiger partial charge >= 0.3 is 0 Å². The first-order chi connectivity index (χ1) is 6.72. The summed E-state index contributed by atoms with van der Waals surface area (Å²) in [4.78, 5) is 0. The van der Waals surface area contributed by atoms with Crippen LogP contribution in [0.5, 0.6) is 0 Å². The molecule has 1 fully saturated rings. The Labute approximate surface area is 98.7 Å². The fourth-order valence-electron chi connectivity index (χ4n) is 1.63. The van der Waals surface area contributed by atoms with Crippen molar-refractivity contribution < 1.29 is 5.11 Å². The summed E-state index contributed by atoms with van der Waals surface area (Å²) in [5.41, 5.74) is 2.61. The Kier molecular flexibility index (Phi) is 3.12. The zero-order valence-corrected chi connectivity index (χ0v) is 10.2. The first-order valence-corrected chi connectivity index (χ1v) is 6.03. The van der Waals surface area contributed by atoms with Crippen LogP contribution in [0.25, 0.3) is 0 Å². The summed E-state index contributed by atoms with van der Waals surface area (Å²) >= 11 is 2.38. The van der Waals surface area contributed by atoms with Crippen LogP contribution in [0.15, 0.2) is 18.2 Å². The maximum Gasteiger partial charge on any atom is 0.0499 e. The topological polar surface area (TPSA) is 20.2 Å². The molecular formula is C12H14IO. The third kappa shape index (κ3) is 2.11. The monoisotopic (exact) mass is 301 g/mol. The molecule has 1 aliphatic carbocycles. The van der Waals surface area contributed by atoms with E-state index in [1.807, 2.05) is 0 Å². The molecule has 1 N–H and O–H groups in total. The molecule has 0 amide bonds. The highest BCUT2D eigenvalue weighted by atomic mass is 127. The Bertz CT molecular complexity index is 331. The Morgan fingerprint density at radius 3 is 2.79 bits per heavy atom. The van der Waals surface area contributed by atoms with Gasteiger partial charge in [-0.1, -0.05) is 12.1 Å². The van der Waals surface area contributed by atoms with E-state index in [9.17, 15) is 0 Å². The number of aliphatic hydroxyl groups is 1. The molecule has 1 aromatic rings. The van der Waals surface area contributed by atoms with Gasteiger partial charge in [-0.25, -0.2) is 0 Å². The van der Waals surface area contributed by atoms with Gasteiger partial charge in [0.2, 0.25) is 0 Å². The molecule has 0 aliphatic heterocycles. The van der Waals surface area contributed by atoms with Crippen molar-refractivity contribution >= 4 is 22.6 Å². The van der Waals surface area contributed by atoms with Gasteiger partial charge in [0, 0.05) is 16.1 Å². The lowest BCUT2D eigenvalue weighted by molar-refractivity contribution is 0.282. The maximum absolute atomic E-state index is 9.04. The van der Waals surface area contributed by atoms with Crippen molar-refractivity contribution in [3.05, 3.63) is 39.8 Å². The van der Waals surface area contributed by atoms with Crippen molar-refractivity contribution in [3.63, 3.8) is 0 Å². The van der Waals surface area contributed by atoms with Crippen LogP contribution in [-0.2, 0) is 0 Å². The fraction of sp³-hybridized carbons (Fsp3) is 0.417. The van der Waals surface area contributed by atoms with Crippen LogP contribution in [0.4, 0.5) is 0 Å². The van der Waals surface area contributed by atoms with Crippen LogP contribution < -0.4 is 0 Å². The maximum atomic E-state index is 9.04. The molecule has 14 heavy (non-hydrogen) atoms. The van der Waals surface area contributed by atoms with Gasteiger partial charge in [-0.05, 0) is 65.5 Å². The van der Waals surface area contributed by atoms with Crippen molar-refractivity contribution in [2.75, 3.05) is 6.61 Å². The van der Waals surface area contributed by atoms with Gasteiger partial charge in [0.15, 0.2) is 0 Å². The molecule has 75 valence electrons. The predicted molar refractivity (Wildman–Crippen MR) is 66.3 cm³/mol. The summed E-state index contributed by atoms with van der Waals surface area (Å²) in [6, 6.07) is 6.42. The minimum atomic E-state index is 0.0181. The van der Waals surface area contributed by atoms with Crippen LogP contribution in [-0.4, -0.2) is 11.7 Å². The summed E-state index contributed by atoms with van der Waals surface area (Å²) in [5, 5.41) is 9.04. The molecular weight excluding hydrogens is 287 g/mol. The number of hydrogen-bond donors (Lipinski definition) is 1. The van der Waals surface area contributed by atoms with Crippen LogP contribution in [0.3, 0.4) is 0 Å². The van der Waals surface area contributed by atoms with Gasteiger partial charge in [0.1, 0.15) is 0 Å². The van der Waals surface area contributed by atoms with E-state index in [2.05, 4.69) is 47.7 Å². The van der Waals surface area contributed by atoms with E-state index in [0.717, 1.165) is 11.5 Å². The molecule has 1 aliphatic rings. The van der Waals surface area contributed by atoms with E-state index in [1.165, 1.54) is 22.0 Å². The highest BCUT2D eigenvalue weighted by Gasteiger charge is 2.25. The van der Waals surface area contributed by atoms with Gasteiger partial charge in [0.25, 0.3) is 0 Å². The number of hydrogen-bond acceptors (Lipinski definition) is 1. The van der Waals surface area contributed by atoms with Crippen molar-refractivity contribution in [2.24, 2.45) is 0 Å². The van der Waals surface area contributed by atoms with Gasteiger partial charge in [-0.2, -0.15) is 0 Å². The molecule has 1 nitrogen and oxygen atoms in total. The Morgan fingerprint density at radius 2 is 2.21 bits per heavy atom. The smallest absolute Gasteiger partial charge is 0.0499 e. The number of rotatable bonds is 3. The second-order valence-electron chi connectivity index (χ2n) is 3.93. The van der Waals surface area contributed by atoms with E-state index in [0.29, 0.717) is 0 Å². The number of halogens is 1. The van der Waals surface area contributed by atoms with Crippen LogP contribution in [0.2, 0.25) is 0 Å². The average molecular weight is 301 g/mol. The molecule has 0 aromatic heterocycles. The third-order valence-electron chi connectivity index (χ3n) is 2.73. The van der Waals surface area contributed by atoms with Gasteiger partial charge < -0.3 is 5.11 Å². The van der Waals surface area contributed by atoms with Crippen molar-refractivity contribution in [1.82, 2.24) is 0 Å². The zero-order chi connectivity index (χ0) is 10.1. The SMILES string of the molecule is [CH2]C(CO)c1ccc(I)c(C2CC2)c1. The number of aliphatic hydroxyl groups excluding tert-OH is 1. The molecule has 0 saturated heterocycles. The van der Waals surface area contributed by atoms with Crippen molar-refractivity contribution in [2.45, 2.75) is 24.7 Å². The standard InChI is InChI=1S/C12H14IO/c1-8(7-14)10-4-5-12(13)11(6-10)9-2-3-9/h4-6,8-9,14H,1-3,7H2. The van der Waals surface area contributed by atoms with E-state index in [1.54, 1.807) is 0 Å². The number of benzene rings is 1. The van der Waals surface area contributed by atoms with Crippen LogP contribution in [0, 0.1) is 10.5 Å². The highest BCUT2D eigenvalue weighted by molar-refractivity contribution is 14.1. The molecule has 0 bridgehead atoms. The second kappa shape index (κ2) is 4.19. The lowest BCUT2D eigenvalue weighted by Crippen LogP contribution is -2.00. The van der Waals surface area contributed by atoms with Gasteiger partial charge in [-0.3, -0.25) is 0 Å². The molecule has 2 heteroatoms. The van der Waals surface area contributed by atoms with Gasteiger partial charge in [-0.15, -0.1) is 0 Å². The molecule has 1 unspecified atom stereocenters. The molecule has 0 spiro atoms. The largest absolute Gasteiger partial charge is 0.396 e. The zero-order valence-electron chi connectivity index (χ0n) is 8.04. The predicted octanol–water partition coefficient (Wildman–Crippen LogP) is 3.08. The van der Waals surface area contributed by atoms with Crippen molar-refractivity contribution in [3.8, 4) is 0 Å². The molecule has 1 aromatic carbocycles. The molecule has 0 heterocycles. The van der Waals surface area contributed by atoms with Crippen LogP contribution in [0.1, 0.15) is 35.8 Å². The van der Waals surface area contributed by atoms with E-state index in [4.69, 9.17) is 5.11 Å². The summed E-state index contributed by atoms with van der Waals surface area (Å²) in [5.74, 6) is 0.789. The third-order valence-corrected chi connectivity index (χ3v) is 3.71. The normalized spacial score (nSPS) is 18.2. The lowest BCUT2D eigenvalue weighted by atomic mass is 9.98. The summed E-state index contributed by atoms with van der Waals surface area (Å²) < 4.78 is 1.35. The fourth-order valence-corrected chi connectivity index (χ4v) is 2.40. The van der Waals surface area contributed by atoms with Gasteiger partial charge in [0.05, 0.1) is 0 Å². The van der Waals surface area contributed by atoms with Crippen LogP contribution >= 0.6 is 22.6 Å². The summed E-state index contributed by atoms with van der Waals surface area (Å²) in [7, 11) is 0. The Morgan fingerprint density at radius 1 is 1.50 bits per heavy atom. The summed E-state index contributed by atoms with van der Waals surface area (Å²) in [6.45, 7) is 4.05. The minimum absolute atomic E-state index is 0.0181. The highest BCUT2D eigenvalue weighted by Crippen LogP contribution is 2.42. The van der Waals surface area contributed by atoms with E-state index in [-0.39, 0.29) is 12.5 Å². The Hall–Kier alpha value is -0.0900. The Balaban J connectivity index is 2.30. The molecule has 1 atom stereocenters. The quantitative estimate of drug-likeness (QED) is 0.851. The van der Waals surface area contributed by atoms with E-state index < -0.39 is 0 Å². The first-order valence-electron chi connectivity index (χ1n) is 4.95. The molecule has 1 radical (unpaired) electrons.